The molecule has 3 rings (SSSR count). The van der Waals surface area contributed by atoms with E-state index in [0.717, 1.165) is 24.7 Å². The number of aromatic nitrogens is 2. The Morgan fingerprint density at radius 2 is 1.65 bits per heavy atom. The fraction of sp³-hybridized carbons (Fsp3) is 0.375. The monoisotopic (exact) mass is 287 g/mol. The van der Waals surface area contributed by atoms with E-state index in [1.807, 2.05) is 6.07 Å². The van der Waals surface area contributed by atoms with Crippen molar-refractivity contribution in [3.63, 3.8) is 0 Å². The van der Waals surface area contributed by atoms with Gasteiger partial charge in [-0.3, -0.25) is 0 Å². The van der Waals surface area contributed by atoms with Crippen molar-refractivity contribution >= 4 is 17.4 Å². The second-order valence-electron chi connectivity index (χ2n) is 6.25. The van der Waals surface area contributed by atoms with E-state index in [1.54, 1.807) is 0 Å². The lowest BCUT2D eigenvalue weighted by atomic mass is 9.96. The van der Waals surface area contributed by atoms with Crippen LogP contribution in [0.15, 0.2) is 30.3 Å². The van der Waals surface area contributed by atoms with E-state index in [4.69, 9.17) is 16.6 Å². The van der Waals surface area contributed by atoms with Crippen molar-refractivity contribution < 1.29 is 0 Å². The summed E-state index contributed by atoms with van der Waals surface area (Å²) in [4.78, 5) is 11.3. The van der Waals surface area contributed by atoms with E-state index in [9.17, 15) is 0 Å². The number of benzene rings is 1. The molecule has 0 radical (unpaired) electrons. The molecule has 1 aromatic heterocycles. The molecule has 0 bridgehead atoms. The predicted molar refractivity (Wildman–Crippen MR) is 82.1 cm³/mol. The van der Waals surface area contributed by atoms with Gasteiger partial charge in [0.1, 0.15) is 16.8 Å². The molecule has 0 amide bonds. The van der Waals surface area contributed by atoms with Crippen LogP contribution in [0.3, 0.4) is 0 Å². The van der Waals surface area contributed by atoms with Crippen LogP contribution in [0.5, 0.6) is 0 Å². The molecule has 104 valence electrons. The summed E-state index contributed by atoms with van der Waals surface area (Å²) in [5, 5.41) is 0.510. The third-order valence-electron chi connectivity index (χ3n) is 3.52. The highest BCUT2D eigenvalue weighted by molar-refractivity contribution is 6.29. The Balaban J connectivity index is 1.95. The molecule has 0 unspecified atom stereocenters. The Hall–Kier alpha value is -1.61. The molecular formula is C16H18ClN3. The number of fused-ring (bicyclic) bond motifs is 1. The fourth-order valence-corrected chi connectivity index (χ4v) is 2.58. The van der Waals surface area contributed by atoms with Crippen LogP contribution in [0, 0.1) is 0 Å². The number of rotatable bonds is 1. The lowest BCUT2D eigenvalue weighted by Crippen LogP contribution is -2.21. The lowest BCUT2D eigenvalue weighted by molar-refractivity contribution is 0.544. The summed E-state index contributed by atoms with van der Waals surface area (Å²) in [5.74, 6) is 1.70. The van der Waals surface area contributed by atoms with Gasteiger partial charge in [0.25, 0.3) is 0 Å². The maximum absolute atomic E-state index is 6.17. The Bertz CT molecular complexity index is 621. The van der Waals surface area contributed by atoms with Gasteiger partial charge in [0, 0.05) is 24.6 Å². The molecule has 0 atom stereocenters. The summed E-state index contributed by atoms with van der Waals surface area (Å²) < 4.78 is 0. The Kier molecular flexibility index (Phi) is 3.17. The van der Waals surface area contributed by atoms with E-state index >= 15 is 0 Å². The molecule has 2 aromatic rings. The average molecular weight is 288 g/mol. The highest BCUT2D eigenvalue weighted by atomic mass is 35.5. The van der Waals surface area contributed by atoms with Crippen LogP contribution in [-0.4, -0.2) is 9.97 Å². The largest absolute Gasteiger partial charge is 0.348 e. The molecule has 20 heavy (non-hydrogen) atoms. The van der Waals surface area contributed by atoms with Gasteiger partial charge in [-0.05, 0) is 11.1 Å². The summed E-state index contributed by atoms with van der Waals surface area (Å²) in [6.07, 6.45) is 0. The Morgan fingerprint density at radius 1 is 1.05 bits per heavy atom. The molecule has 1 aliphatic heterocycles. The number of hydrogen-bond acceptors (Lipinski definition) is 3. The first-order valence-corrected chi connectivity index (χ1v) is 7.18. The highest BCUT2D eigenvalue weighted by Crippen LogP contribution is 2.30. The van der Waals surface area contributed by atoms with Gasteiger partial charge in [0.05, 0.1) is 0 Å². The standard InChI is InChI=1S/C16H18ClN3/c1-16(2,3)15-18-13(17)8-14(19-15)20-9-11-6-4-5-7-12(11)10-20/h4-8H,9-10H2,1-3H3. The molecule has 0 saturated heterocycles. The van der Waals surface area contributed by atoms with Gasteiger partial charge in [0.2, 0.25) is 0 Å². The van der Waals surface area contributed by atoms with Gasteiger partial charge in [-0.15, -0.1) is 0 Å². The maximum atomic E-state index is 6.17. The van der Waals surface area contributed by atoms with Gasteiger partial charge in [-0.1, -0.05) is 56.6 Å². The topological polar surface area (TPSA) is 29.0 Å². The van der Waals surface area contributed by atoms with Crippen LogP contribution < -0.4 is 4.90 Å². The van der Waals surface area contributed by atoms with Crippen molar-refractivity contribution in [1.82, 2.24) is 9.97 Å². The molecule has 1 aromatic carbocycles. The van der Waals surface area contributed by atoms with Crippen molar-refractivity contribution in [3.05, 3.63) is 52.4 Å². The third kappa shape index (κ3) is 2.50. The normalized spacial score (nSPS) is 14.5. The van der Waals surface area contributed by atoms with Gasteiger partial charge in [-0.25, -0.2) is 9.97 Å². The minimum Gasteiger partial charge on any atom is -0.348 e. The van der Waals surface area contributed by atoms with Crippen LogP contribution in [-0.2, 0) is 18.5 Å². The molecule has 4 heteroatoms. The number of nitrogens with zero attached hydrogens (tertiary/aromatic N) is 3. The minimum atomic E-state index is -0.105. The molecule has 0 fully saturated rings. The number of anilines is 1. The second-order valence-corrected chi connectivity index (χ2v) is 6.63. The van der Waals surface area contributed by atoms with Crippen molar-refractivity contribution in [2.24, 2.45) is 0 Å². The van der Waals surface area contributed by atoms with E-state index < -0.39 is 0 Å². The van der Waals surface area contributed by atoms with Gasteiger partial charge in [0.15, 0.2) is 0 Å². The van der Waals surface area contributed by atoms with Gasteiger partial charge < -0.3 is 4.90 Å². The van der Waals surface area contributed by atoms with Crippen molar-refractivity contribution in [1.29, 1.82) is 0 Å². The van der Waals surface area contributed by atoms with Crippen LogP contribution in [0.4, 0.5) is 5.82 Å². The summed E-state index contributed by atoms with van der Waals surface area (Å²) in [6, 6.07) is 10.3. The van der Waals surface area contributed by atoms with Crippen LogP contribution in [0.25, 0.3) is 0 Å². The highest BCUT2D eigenvalue weighted by Gasteiger charge is 2.23. The predicted octanol–water partition coefficient (Wildman–Crippen LogP) is 3.95. The van der Waals surface area contributed by atoms with Gasteiger partial charge in [-0.2, -0.15) is 0 Å². The molecule has 3 nitrogen and oxygen atoms in total. The smallest absolute Gasteiger partial charge is 0.137 e. The van der Waals surface area contributed by atoms with Crippen molar-refractivity contribution in [3.8, 4) is 0 Å². The Morgan fingerprint density at radius 3 is 2.20 bits per heavy atom. The number of hydrogen-bond donors (Lipinski definition) is 0. The first kappa shape index (κ1) is 13.4. The molecule has 0 spiro atoms. The summed E-state index contributed by atoms with van der Waals surface area (Å²) in [6.45, 7) is 8.06. The average Bonchev–Trinajstić information content (AvgIpc) is 2.80. The summed E-state index contributed by atoms with van der Waals surface area (Å²) in [7, 11) is 0. The first-order valence-electron chi connectivity index (χ1n) is 6.80. The second kappa shape index (κ2) is 4.74. The molecule has 0 aliphatic carbocycles. The SMILES string of the molecule is CC(C)(C)c1nc(Cl)cc(N2Cc3ccccc3C2)n1. The van der Waals surface area contributed by atoms with E-state index in [-0.39, 0.29) is 5.41 Å². The zero-order valence-electron chi connectivity index (χ0n) is 12.0. The fourth-order valence-electron chi connectivity index (χ4n) is 2.40. The maximum Gasteiger partial charge on any atom is 0.137 e. The molecule has 0 saturated carbocycles. The van der Waals surface area contributed by atoms with Crippen molar-refractivity contribution in [2.45, 2.75) is 39.3 Å². The molecule has 0 N–H and O–H groups in total. The summed E-state index contributed by atoms with van der Waals surface area (Å²) >= 11 is 6.17. The zero-order chi connectivity index (χ0) is 14.3. The van der Waals surface area contributed by atoms with E-state index in [0.29, 0.717) is 5.15 Å². The quantitative estimate of drug-likeness (QED) is 0.744. The Labute approximate surface area is 124 Å². The zero-order valence-corrected chi connectivity index (χ0v) is 12.8. The first-order chi connectivity index (χ1) is 9.43. The third-order valence-corrected chi connectivity index (χ3v) is 3.71. The van der Waals surface area contributed by atoms with Gasteiger partial charge >= 0.3 is 0 Å². The van der Waals surface area contributed by atoms with Crippen LogP contribution >= 0.6 is 11.6 Å². The molecule has 1 aliphatic rings. The van der Waals surface area contributed by atoms with E-state index in [1.165, 1.54) is 11.1 Å². The summed E-state index contributed by atoms with van der Waals surface area (Å²) in [5.41, 5.74) is 2.62. The number of halogens is 1. The molecule has 2 heterocycles. The lowest BCUT2D eigenvalue weighted by Gasteiger charge is -2.21. The van der Waals surface area contributed by atoms with Crippen LogP contribution in [0.1, 0.15) is 37.7 Å². The van der Waals surface area contributed by atoms with Crippen LogP contribution in [0.2, 0.25) is 5.15 Å². The minimum absolute atomic E-state index is 0.105. The molecular weight excluding hydrogens is 270 g/mol. The van der Waals surface area contributed by atoms with Crippen molar-refractivity contribution in [2.75, 3.05) is 4.90 Å². The van der Waals surface area contributed by atoms with E-state index in [2.05, 4.69) is 54.9 Å².